The van der Waals surface area contributed by atoms with Gasteiger partial charge in [0, 0.05) is 81.3 Å². The van der Waals surface area contributed by atoms with Gasteiger partial charge in [0.15, 0.2) is 5.78 Å². The second-order valence-electron chi connectivity index (χ2n) is 20.9. The van der Waals surface area contributed by atoms with Crippen LogP contribution in [-0.2, 0) is 44.8 Å². The van der Waals surface area contributed by atoms with Crippen LogP contribution in [0.1, 0.15) is 128 Å². The van der Waals surface area contributed by atoms with E-state index in [1.54, 1.807) is 20.0 Å². The van der Waals surface area contributed by atoms with Crippen LogP contribution in [0.25, 0.3) is 5.69 Å². The molecule has 1 aromatic heterocycles. The van der Waals surface area contributed by atoms with Crippen molar-refractivity contribution < 1.29 is 62.1 Å². The molecule has 426 valence electrons. The zero-order valence-corrected chi connectivity index (χ0v) is 45.1. The number of aliphatic hydroxyl groups is 1. The van der Waals surface area contributed by atoms with Crippen molar-refractivity contribution in [1.82, 2.24) is 40.8 Å². The maximum Gasteiger partial charge on any atom is 0.326 e. The molecule has 1 aliphatic heterocycles. The standard InChI is InChI=1S/C55H76F2N10O11/c1-34(2)48(63-44(70)19-10-7-13-27-65-45(71)22-23-46(65)72)43(69)30-36(17-14-26-61-54(59)78)51(74)62-41(53(76)77)18-11-12-25-60-52(75)40(58)24-28-66(47(73)33-68)50(55(3,4)5)49-37(29-35-15-8-6-9-16-35)32-67(64-49)42-31-38(56)20-21-39(42)57/h6,8-9,15-16,20-23,31-32,34,36,40-41,48,50,68H,7,10-14,17-19,24-30,33,58H2,1-5H3,(H,60,75)(H,62,74)(H,63,70)(H,76,77)(H3,59,61,78)/t36-,40+,41+,48+,50+/m1/s1. The minimum absolute atomic E-state index is 0.0561. The van der Waals surface area contributed by atoms with Crippen LogP contribution < -0.4 is 32.7 Å². The zero-order chi connectivity index (χ0) is 57.7. The Morgan fingerprint density at radius 3 is 2.13 bits per heavy atom. The number of aromatic nitrogens is 2. The van der Waals surface area contributed by atoms with E-state index >= 15 is 4.39 Å². The minimum Gasteiger partial charge on any atom is -0.480 e. The summed E-state index contributed by atoms with van der Waals surface area (Å²) in [5.41, 5.74) is 12.5. The maximum atomic E-state index is 15.1. The molecule has 21 nitrogen and oxygen atoms in total. The molecule has 0 saturated heterocycles. The Kier molecular flexibility index (Phi) is 24.7. The quantitative estimate of drug-likeness (QED) is 0.0318. The molecule has 0 radical (unpaired) electrons. The summed E-state index contributed by atoms with van der Waals surface area (Å²) < 4.78 is 30.8. The van der Waals surface area contributed by atoms with Crippen LogP contribution in [0.3, 0.4) is 0 Å². The maximum absolute atomic E-state index is 15.1. The van der Waals surface area contributed by atoms with Gasteiger partial charge in [0.1, 0.15) is 30.0 Å². The van der Waals surface area contributed by atoms with Crippen LogP contribution in [0.15, 0.2) is 66.9 Å². The monoisotopic (exact) mass is 1090 g/mol. The van der Waals surface area contributed by atoms with Gasteiger partial charge in [0.05, 0.1) is 23.8 Å². The number of nitrogens with one attached hydrogen (secondary N) is 4. The third kappa shape index (κ3) is 19.6. The predicted octanol–water partition coefficient (Wildman–Crippen LogP) is 3.87. The topological polar surface area (TPSA) is 319 Å². The van der Waals surface area contributed by atoms with Gasteiger partial charge in [-0.15, -0.1) is 0 Å². The van der Waals surface area contributed by atoms with Crippen molar-refractivity contribution in [2.75, 3.05) is 32.8 Å². The number of aliphatic carboxylic acids is 1. The van der Waals surface area contributed by atoms with Crippen molar-refractivity contribution in [1.29, 1.82) is 0 Å². The highest BCUT2D eigenvalue weighted by Gasteiger charge is 2.39. The van der Waals surface area contributed by atoms with Crippen molar-refractivity contribution in [2.24, 2.45) is 28.7 Å². The number of nitrogens with two attached hydrogens (primary N) is 2. The minimum atomic E-state index is -1.38. The molecular weight excluding hydrogens is 1010 g/mol. The number of primary amides is 1. The lowest BCUT2D eigenvalue weighted by atomic mass is 9.81. The Morgan fingerprint density at radius 2 is 1.50 bits per heavy atom. The molecule has 5 atom stereocenters. The van der Waals surface area contributed by atoms with Crippen molar-refractivity contribution >= 4 is 53.2 Å². The van der Waals surface area contributed by atoms with E-state index in [9.17, 15) is 57.8 Å². The number of rotatable bonds is 33. The number of nitrogens with zero attached hydrogens (tertiary/aromatic N) is 4. The number of aliphatic hydroxyl groups excluding tert-OH is 1. The Balaban J connectivity index is 1.35. The summed E-state index contributed by atoms with van der Waals surface area (Å²) in [5, 5.41) is 35.5. The first-order valence-corrected chi connectivity index (χ1v) is 26.3. The van der Waals surface area contributed by atoms with E-state index in [2.05, 4.69) is 21.3 Å². The Bertz CT molecular complexity index is 2590. The van der Waals surface area contributed by atoms with E-state index in [1.165, 1.54) is 21.7 Å². The van der Waals surface area contributed by atoms with E-state index in [-0.39, 0.29) is 101 Å². The Hall–Kier alpha value is -7.40. The van der Waals surface area contributed by atoms with E-state index in [0.717, 1.165) is 28.7 Å². The number of carboxylic acid groups (broad SMARTS) is 1. The molecule has 10 N–H and O–H groups in total. The second kappa shape index (κ2) is 30.5. The molecule has 4 rings (SSSR count). The van der Waals surface area contributed by atoms with E-state index in [0.29, 0.717) is 36.9 Å². The molecule has 23 heteroatoms. The lowest BCUT2D eigenvalue weighted by Crippen LogP contribution is -2.48. The zero-order valence-electron chi connectivity index (χ0n) is 45.1. The molecule has 0 saturated carbocycles. The molecule has 3 aromatic rings. The highest BCUT2D eigenvalue weighted by Crippen LogP contribution is 2.40. The number of carboxylic acids is 1. The van der Waals surface area contributed by atoms with Gasteiger partial charge in [0.2, 0.25) is 23.6 Å². The SMILES string of the molecule is CC(C)[C@H](NC(=O)CCCCCN1C(=O)C=CC1=O)C(=O)C[C@@H](CCCNC(N)=O)C(=O)N[C@@H](CCCCNC(=O)[C@@H](N)CCN(C(=O)CO)[C@@H](c1nn(-c2cc(F)ccc2F)cc1Cc1ccccc1)C(C)(C)C)C(=O)O. The number of amides is 8. The fourth-order valence-electron chi connectivity index (χ4n) is 9.18. The summed E-state index contributed by atoms with van der Waals surface area (Å²) in [4.78, 5) is 117. The number of carbonyl (C=O) groups excluding carboxylic acids is 8. The number of carbonyl (C=O) groups is 9. The fraction of sp³-hybridized carbons (Fsp3) is 0.527. The Morgan fingerprint density at radius 1 is 0.821 bits per heavy atom. The van der Waals surface area contributed by atoms with Crippen LogP contribution in [0, 0.1) is 28.9 Å². The van der Waals surface area contributed by atoms with Crippen molar-refractivity contribution in [3.8, 4) is 5.69 Å². The van der Waals surface area contributed by atoms with E-state index < -0.39 is 95.2 Å². The van der Waals surface area contributed by atoms with Gasteiger partial charge < -0.3 is 47.8 Å². The fourth-order valence-corrected chi connectivity index (χ4v) is 9.18. The molecular formula is C55H76F2N10O11. The molecule has 0 aliphatic carbocycles. The smallest absolute Gasteiger partial charge is 0.326 e. The van der Waals surface area contributed by atoms with Crippen LogP contribution in [0.2, 0.25) is 0 Å². The number of unbranched alkanes of at least 4 members (excludes halogenated alkanes) is 3. The summed E-state index contributed by atoms with van der Waals surface area (Å²) in [5.74, 6) is -7.79. The van der Waals surface area contributed by atoms with Crippen molar-refractivity contribution in [2.45, 2.75) is 136 Å². The van der Waals surface area contributed by atoms with Crippen molar-refractivity contribution in [3.05, 3.63) is 95.3 Å². The second-order valence-corrected chi connectivity index (χ2v) is 20.9. The number of Topliss-reactive ketones (excluding diaryl/α,β-unsaturated/α-hetero) is 1. The molecule has 1 aliphatic rings. The Labute approximate surface area is 453 Å². The highest BCUT2D eigenvalue weighted by atomic mass is 19.1. The molecule has 0 fully saturated rings. The summed E-state index contributed by atoms with van der Waals surface area (Å²) in [7, 11) is 0. The lowest BCUT2D eigenvalue weighted by molar-refractivity contribution is -0.143. The number of halogens is 2. The number of urea groups is 1. The first kappa shape index (κ1) is 63.1. The van der Waals surface area contributed by atoms with E-state index in [4.69, 9.17) is 16.6 Å². The number of ketones is 1. The van der Waals surface area contributed by atoms with Crippen LogP contribution in [0.4, 0.5) is 13.6 Å². The van der Waals surface area contributed by atoms with Crippen LogP contribution in [-0.4, -0.2) is 134 Å². The van der Waals surface area contributed by atoms with Gasteiger partial charge in [0.25, 0.3) is 11.8 Å². The third-order valence-electron chi connectivity index (χ3n) is 13.3. The van der Waals surface area contributed by atoms with Gasteiger partial charge >= 0.3 is 12.0 Å². The van der Waals surface area contributed by atoms with Crippen molar-refractivity contribution in [3.63, 3.8) is 0 Å². The van der Waals surface area contributed by atoms with Gasteiger partial charge in [-0.1, -0.05) is 71.4 Å². The average molecular weight is 1090 g/mol. The van der Waals surface area contributed by atoms with Gasteiger partial charge in [-0.2, -0.15) is 5.10 Å². The largest absolute Gasteiger partial charge is 0.480 e. The lowest BCUT2D eigenvalue weighted by Gasteiger charge is -2.40. The number of hydrogen-bond donors (Lipinski definition) is 8. The molecule has 78 heavy (non-hydrogen) atoms. The van der Waals surface area contributed by atoms with E-state index in [1.807, 2.05) is 51.1 Å². The number of benzene rings is 2. The normalized spacial score (nSPS) is 14.4. The summed E-state index contributed by atoms with van der Waals surface area (Å²) in [6, 6.07) is 7.18. The van der Waals surface area contributed by atoms with Crippen LogP contribution >= 0.6 is 0 Å². The molecule has 2 aromatic carbocycles. The summed E-state index contributed by atoms with van der Waals surface area (Å²) in [6.45, 7) is 8.39. The average Bonchev–Trinajstić information content (AvgIpc) is 3.95. The molecule has 0 spiro atoms. The van der Waals surface area contributed by atoms with Gasteiger partial charge in [-0.25, -0.2) is 23.1 Å². The molecule has 2 heterocycles. The predicted molar refractivity (Wildman–Crippen MR) is 284 cm³/mol. The van der Waals surface area contributed by atoms with Gasteiger partial charge in [-0.05, 0) is 80.4 Å². The van der Waals surface area contributed by atoms with Crippen LogP contribution in [0.5, 0.6) is 0 Å². The number of imide groups is 1. The third-order valence-corrected chi connectivity index (χ3v) is 13.3. The summed E-state index contributed by atoms with van der Waals surface area (Å²) in [6.07, 6.45) is 6.10. The molecule has 0 unspecified atom stereocenters. The molecule has 8 amide bonds. The summed E-state index contributed by atoms with van der Waals surface area (Å²) >= 11 is 0. The first-order valence-electron chi connectivity index (χ1n) is 26.3. The number of hydrogen-bond acceptors (Lipinski definition) is 12. The first-order chi connectivity index (χ1) is 36.9. The molecule has 0 bridgehead atoms. The van der Waals surface area contributed by atoms with Gasteiger partial charge in [-0.3, -0.25) is 38.5 Å². The highest BCUT2D eigenvalue weighted by molar-refractivity contribution is 6.12.